The van der Waals surface area contributed by atoms with Gasteiger partial charge in [-0.25, -0.2) is 0 Å². The van der Waals surface area contributed by atoms with Crippen LogP contribution in [0.25, 0.3) is 0 Å². The summed E-state index contributed by atoms with van der Waals surface area (Å²) in [5.41, 5.74) is -1.73. The third kappa shape index (κ3) is 2.52. The van der Waals surface area contributed by atoms with Crippen LogP contribution in [0.1, 0.15) is 53.4 Å². The quantitative estimate of drug-likeness (QED) is 0.810. The minimum absolute atomic E-state index is 0.0742. The monoisotopic (exact) mass is 256 g/mol. The molecule has 0 amide bonds. The zero-order valence-corrected chi connectivity index (χ0v) is 11.7. The standard InChI is InChI=1S/C14H24O4/c1-13(2,11(15)16)9-7-5-6-8-10(9)14(3,4)12(17)18/h9-10H,5-8H2,1-4H3,(H,15,16)(H,17,18)/t9-,10+. The zero-order valence-electron chi connectivity index (χ0n) is 11.7. The Balaban J connectivity index is 3.08. The second-order valence-corrected chi connectivity index (χ2v) is 6.55. The van der Waals surface area contributed by atoms with Crippen LogP contribution in [0.4, 0.5) is 0 Å². The van der Waals surface area contributed by atoms with Gasteiger partial charge in [-0.15, -0.1) is 0 Å². The lowest BCUT2D eigenvalue weighted by Gasteiger charge is -2.45. The van der Waals surface area contributed by atoms with Crippen LogP contribution in [0.5, 0.6) is 0 Å². The molecule has 0 aliphatic heterocycles. The highest BCUT2D eigenvalue weighted by atomic mass is 16.4. The Labute approximate surface area is 108 Å². The van der Waals surface area contributed by atoms with Crippen molar-refractivity contribution in [1.29, 1.82) is 0 Å². The third-order valence-electron chi connectivity index (χ3n) is 4.72. The van der Waals surface area contributed by atoms with E-state index in [-0.39, 0.29) is 11.8 Å². The predicted octanol–water partition coefficient (Wildman–Crippen LogP) is 3.01. The molecule has 1 aliphatic rings. The van der Waals surface area contributed by atoms with E-state index in [4.69, 9.17) is 0 Å². The maximum Gasteiger partial charge on any atom is 0.309 e. The summed E-state index contributed by atoms with van der Waals surface area (Å²) in [4.78, 5) is 22.8. The fraction of sp³-hybridized carbons (Fsp3) is 0.857. The molecule has 1 aliphatic carbocycles. The number of aliphatic carboxylic acids is 2. The summed E-state index contributed by atoms with van der Waals surface area (Å²) in [6.07, 6.45) is 3.60. The van der Waals surface area contributed by atoms with E-state index in [1.54, 1.807) is 27.7 Å². The molecule has 18 heavy (non-hydrogen) atoms. The molecular weight excluding hydrogens is 232 g/mol. The highest BCUT2D eigenvalue weighted by Gasteiger charge is 2.49. The van der Waals surface area contributed by atoms with Crippen LogP contribution in [0.15, 0.2) is 0 Å². The maximum atomic E-state index is 11.4. The molecule has 1 rings (SSSR count). The lowest BCUT2D eigenvalue weighted by molar-refractivity contribution is -0.162. The van der Waals surface area contributed by atoms with Crippen LogP contribution in [-0.2, 0) is 9.59 Å². The zero-order chi connectivity index (χ0) is 14.1. The lowest BCUT2D eigenvalue weighted by Crippen LogP contribution is -2.46. The molecule has 2 atom stereocenters. The van der Waals surface area contributed by atoms with Crippen LogP contribution >= 0.6 is 0 Å². The second kappa shape index (κ2) is 4.90. The number of hydrogen-bond donors (Lipinski definition) is 2. The summed E-state index contributed by atoms with van der Waals surface area (Å²) in [5, 5.41) is 18.7. The van der Waals surface area contributed by atoms with Crippen molar-refractivity contribution < 1.29 is 19.8 Å². The number of carboxylic acids is 2. The van der Waals surface area contributed by atoms with Crippen LogP contribution in [0.3, 0.4) is 0 Å². The highest BCUT2D eigenvalue weighted by Crippen LogP contribution is 2.49. The van der Waals surface area contributed by atoms with Gasteiger partial charge in [-0.05, 0) is 52.4 Å². The molecule has 2 N–H and O–H groups in total. The van der Waals surface area contributed by atoms with Gasteiger partial charge in [-0.1, -0.05) is 12.8 Å². The Hall–Kier alpha value is -1.06. The van der Waals surface area contributed by atoms with Crippen LogP contribution in [0.2, 0.25) is 0 Å². The SMILES string of the molecule is CC(C)(C(=O)O)[C@@H]1CCCC[C@@H]1C(C)(C)C(=O)O. The molecule has 0 aromatic heterocycles. The third-order valence-corrected chi connectivity index (χ3v) is 4.72. The van der Waals surface area contributed by atoms with E-state index in [0.29, 0.717) is 0 Å². The van der Waals surface area contributed by atoms with Gasteiger partial charge in [0.1, 0.15) is 0 Å². The minimum Gasteiger partial charge on any atom is -0.481 e. The van der Waals surface area contributed by atoms with Crippen molar-refractivity contribution in [3.8, 4) is 0 Å². The molecule has 0 bridgehead atoms. The summed E-state index contributed by atoms with van der Waals surface area (Å²) in [7, 11) is 0. The first-order valence-corrected chi connectivity index (χ1v) is 6.58. The molecule has 0 unspecified atom stereocenters. The molecule has 4 heteroatoms. The summed E-state index contributed by atoms with van der Waals surface area (Å²) < 4.78 is 0. The molecule has 0 heterocycles. The van der Waals surface area contributed by atoms with E-state index in [1.807, 2.05) is 0 Å². The van der Waals surface area contributed by atoms with E-state index in [0.717, 1.165) is 25.7 Å². The normalized spacial score (nSPS) is 25.8. The summed E-state index contributed by atoms with van der Waals surface area (Å²) >= 11 is 0. The van der Waals surface area contributed by atoms with Crippen LogP contribution in [-0.4, -0.2) is 22.2 Å². The first-order chi connectivity index (χ1) is 8.11. The van der Waals surface area contributed by atoms with Gasteiger partial charge in [-0.3, -0.25) is 9.59 Å². The number of rotatable bonds is 4. The molecule has 104 valence electrons. The van der Waals surface area contributed by atoms with Crippen molar-refractivity contribution in [3.63, 3.8) is 0 Å². The molecule has 1 fully saturated rings. The molecule has 0 aromatic rings. The molecule has 0 radical (unpaired) electrons. The van der Waals surface area contributed by atoms with Gasteiger partial charge in [0.15, 0.2) is 0 Å². The van der Waals surface area contributed by atoms with Gasteiger partial charge in [0.05, 0.1) is 10.8 Å². The van der Waals surface area contributed by atoms with E-state index in [1.165, 1.54) is 0 Å². The Kier molecular flexibility index (Phi) is 4.08. The molecule has 4 nitrogen and oxygen atoms in total. The molecule has 0 aromatic carbocycles. The Bertz CT molecular complexity index is 310. The van der Waals surface area contributed by atoms with Gasteiger partial charge in [0, 0.05) is 0 Å². The Morgan fingerprint density at radius 1 is 0.833 bits per heavy atom. The molecule has 0 spiro atoms. The van der Waals surface area contributed by atoms with Gasteiger partial charge in [-0.2, -0.15) is 0 Å². The molecule has 1 saturated carbocycles. The van der Waals surface area contributed by atoms with Crippen molar-refractivity contribution in [2.45, 2.75) is 53.4 Å². The lowest BCUT2D eigenvalue weighted by atomic mass is 9.58. The minimum atomic E-state index is -0.863. The first kappa shape index (κ1) is 15.0. The molecular formula is C14H24O4. The van der Waals surface area contributed by atoms with Crippen molar-refractivity contribution in [1.82, 2.24) is 0 Å². The smallest absolute Gasteiger partial charge is 0.309 e. The summed E-state index contributed by atoms with van der Waals surface area (Å²) in [5.74, 6) is -1.81. The van der Waals surface area contributed by atoms with E-state index in [2.05, 4.69) is 0 Å². The highest BCUT2D eigenvalue weighted by molar-refractivity contribution is 5.76. The van der Waals surface area contributed by atoms with Crippen molar-refractivity contribution in [2.24, 2.45) is 22.7 Å². The fourth-order valence-electron chi connectivity index (χ4n) is 3.18. The molecule has 0 saturated heterocycles. The topological polar surface area (TPSA) is 74.6 Å². The first-order valence-electron chi connectivity index (χ1n) is 6.58. The number of carbonyl (C=O) groups is 2. The van der Waals surface area contributed by atoms with Crippen LogP contribution < -0.4 is 0 Å². The van der Waals surface area contributed by atoms with Crippen LogP contribution in [0, 0.1) is 22.7 Å². The maximum absolute atomic E-state index is 11.4. The van der Waals surface area contributed by atoms with E-state index in [9.17, 15) is 19.8 Å². The summed E-state index contributed by atoms with van der Waals surface area (Å²) in [6, 6.07) is 0. The van der Waals surface area contributed by atoms with Gasteiger partial charge in [0.2, 0.25) is 0 Å². The number of carboxylic acid groups (broad SMARTS) is 2. The average Bonchev–Trinajstić information content (AvgIpc) is 2.28. The largest absolute Gasteiger partial charge is 0.481 e. The van der Waals surface area contributed by atoms with Gasteiger partial charge >= 0.3 is 11.9 Å². The van der Waals surface area contributed by atoms with E-state index < -0.39 is 22.8 Å². The van der Waals surface area contributed by atoms with E-state index >= 15 is 0 Å². The predicted molar refractivity (Wildman–Crippen MR) is 68.3 cm³/mol. The fourth-order valence-corrected chi connectivity index (χ4v) is 3.18. The number of hydrogen-bond acceptors (Lipinski definition) is 2. The van der Waals surface area contributed by atoms with Crippen molar-refractivity contribution in [2.75, 3.05) is 0 Å². The summed E-state index contributed by atoms with van der Waals surface area (Å²) in [6.45, 7) is 6.87. The van der Waals surface area contributed by atoms with Gasteiger partial charge < -0.3 is 10.2 Å². The second-order valence-electron chi connectivity index (χ2n) is 6.55. The van der Waals surface area contributed by atoms with Crippen molar-refractivity contribution >= 4 is 11.9 Å². The average molecular weight is 256 g/mol. The Morgan fingerprint density at radius 2 is 1.11 bits per heavy atom. The Morgan fingerprint density at radius 3 is 1.33 bits per heavy atom. The van der Waals surface area contributed by atoms with Gasteiger partial charge in [0.25, 0.3) is 0 Å². The van der Waals surface area contributed by atoms with Crippen molar-refractivity contribution in [3.05, 3.63) is 0 Å².